The van der Waals surface area contributed by atoms with E-state index in [1.807, 2.05) is 6.92 Å². The molecule has 0 bridgehead atoms. The maximum Gasteiger partial charge on any atom is 0.259 e. The third-order valence-corrected chi connectivity index (χ3v) is 5.35. The van der Waals surface area contributed by atoms with Crippen LogP contribution in [0, 0.1) is 12.3 Å². The van der Waals surface area contributed by atoms with E-state index < -0.39 is 30.6 Å². The van der Waals surface area contributed by atoms with Crippen LogP contribution in [0.4, 0.5) is 11.4 Å². The lowest BCUT2D eigenvalue weighted by Crippen LogP contribution is -2.55. The number of hydrogen-bond acceptors (Lipinski definition) is 7. The summed E-state index contributed by atoms with van der Waals surface area (Å²) in [6.07, 6.45) is -3.13. The standard InChI is InChI=1S/C23H26N4O6/c1-13-2-7-17(10-15(13)11-18(29)12-28)27-8-9-33-20(23(27)32)19(30)22(31)26-16-5-3-14(4-6-16)21(24)25/h2-7,10,19-20,28,30H,8-9,11-12H2,1H3,(H3,24,25)(H,26,31)/t19-,20-/m1/s1. The summed E-state index contributed by atoms with van der Waals surface area (Å²) in [6.45, 7) is 1.57. The number of benzene rings is 2. The highest BCUT2D eigenvalue weighted by Crippen LogP contribution is 2.24. The molecule has 1 heterocycles. The van der Waals surface area contributed by atoms with Crippen molar-refractivity contribution in [1.82, 2.24) is 0 Å². The Labute approximate surface area is 190 Å². The van der Waals surface area contributed by atoms with Crippen LogP contribution in [0.3, 0.4) is 0 Å². The SMILES string of the molecule is Cc1ccc(N2CCO[C@H]([C@@H](O)C(=O)Nc3ccc(C(=N)N)cc3)C2=O)cc1CC(=O)CO. The van der Waals surface area contributed by atoms with E-state index in [1.165, 1.54) is 17.0 Å². The number of anilines is 2. The molecule has 2 aromatic rings. The van der Waals surface area contributed by atoms with Gasteiger partial charge >= 0.3 is 0 Å². The number of rotatable bonds is 8. The average Bonchev–Trinajstić information content (AvgIpc) is 2.80. The monoisotopic (exact) mass is 454 g/mol. The number of ether oxygens (including phenoxy) is 1. The van der Waals surface area contributed by atoms with Gasteiger partial charge in [-0.05, 0) is 54.4 Å². The van der Waals surface area contributed by atoms with Crippen LogP contribution in [0.1, 0.15) is 16.7 Å². The highest BCUT2D eigenvalue weighted by molar-refractivity contribution is 6.04. The van der Waals surface area contributed by atoms with Crippen molar-refractivity contribution >= 4 is 34.8 Å². The largest absolute Gasteiger partial charge is 0.389 e. The minimum atomic E-state index is -1.76. The summed E-state index contributed by atoms with van der Waals surface area (Å²) in [5.41, 5.74) is 8.27. The van der Waals surface area contributed by atoms with Gasteiger partial charge < -0.3 is 30.9 Å². The number of aliphatic hydroxyl groups excluding tert-OH is 2. The second-order valence-corrected chi connectivity index (χ2v) is 7.69. The van der Waals surface area contributed by atoms with Gasteiger partial charge in [-0.2, -0.15) is 0 Å². The number of carbonyl (C=O) groups excluding carboxylic acids is 3. The second-order valence-electron chi connectivity index (χ2n) is 7.69. The summed E-state index contributed by atoms with van der Waals surface area (Å²) in [5, 5.41) is 29.5. The van der Waals surface area contributed by atoms with Gasteiger partial charge in [0.15, 0.2) is 18.0 Å². The minimum Gasteiger partial charge on any atom is -0.389 e. The molecule has 1 aliphatic rings. The fourth-order valence-corrected chi connectivity index (χ4v) is 3.46. The molecule has 33 heavy (non-hydrogen) atoms. The number of aliphatic hydroxyl groups is 2. The molecule has 0 aliphatic carbocycles. The minimum absolute atomic E-state index is 0.0333. The Morgan fingerprint density at radius 1 is 1.27 bits per heavy atom. The van der Waals surface area contributed by atoms with Crippen molar-refractivity contribution in [3.63, 3.8) is 0 Å². The predicted octanol–water partition coefficient (Wildman–Crippen LogP) is 0.114. The first-order valence-electron chi connectivity index (χ1n) is 10.3. The predicted molar refractivity (Wildman–Crippen MR) is 121 cm³/mol. The molecule has 0 spiro atoms. The number of nitrogen functional groups attached to an aromatic ring is 1. The molecule has 2 amide bonds. The van der Waals surface area contributed by atoms with Crippen LogP contribution in [-0.2, 0) is 25.5 Å². The molecule has 1 fully saturated rings. The smallest absolute Gasteiger partial charge is 0.259 e. The van der Waals surface area contributed by atoms with E-state index in [0.29, 0.717) is 22.5 Å². The number of morpholine rings is 1. The van der Waals surface area contributed by atoms with E-state index in [9.17, 15) is 19.5 Å². The molecule has 1 saturated heterocycles. The third-order valence-electron chi connectivity index (χ3n) is 5.35. The molecule has 10 heteroatoms. The fraction of sp³-hybridized carbons (Fsp3) is 0.304. The van der Waals surface area contributed by atoms with Crippen molar-refractivity contribution in [2.45, 2.75) is 25.6 Å². The molecule has 3 rings (SSSR count). The van der Waals surface area contributed by atoms with E-state index >= 15 is 0 Å². The van der Waals surface area contributed by atoms with Crippen molar-refractivity contribution in [3.05, 3.63) is 59.2 Å². The number of nitrogens with two attached hydrogens (primary N) is 1. The van der Waals surface area contributed by atoms with Gasteiger partial charge in [-0.25, -0.2) is 0 Å². The van der Waals surface area contributed by atoms with E-state index in [2.05, 4.69) is 5.32 Å². The van der Waals surface area contributed by atoms with Crippen LogP contribution >= 0.6 is 0 Å². The van der Waals surface area contributed by atoms with E-state index in [4.69, 9.17) is 21.0 Å². The first-order valence-corrected chi connectivity index (χ1v) is 10.3. The van der Waals surface area contributed by atoms with Crippen molar-refractivity contribution in [1.29, 1.82) is 5.41 Å². The Kier molecular flexibility index (Phi) is 7.54. The normalized spacial score (nSPS) is 16.9. The Morgan fingerprint density at radius 3 is 2.61 bits per heavy atom. The zero-order valence-corrected chi connectivity index (χ0v) is 18.1. The van der Waals surface area contributed by atoms with Gasteiger partial charge in [0.25, 0.3) is 11.8 Å². The van der Waals surface area contributed by atoms with Gasteiger partial charge in [0.05, 0.1) is 6.61 Å². The maximum absolute atomic E-state index is 13.0. The molecule has 0 saturated carbocycles. The second kappa shape index (κ2) is 10.3. The Hall–Kier alpha value is -3.60. The molecular weight excluding hydrogens is 428 g/mol. The number of carbonyl (C=O) groups is 3. The zero-order chi connectivity index (χ0) is 24.1. The number of Topliss-reactive ketones (excluding diaryl/α,β-unsaturated/α-hetero) is 1. The number of ketones is 1. The fourth-order valence-electron chi connectivity index (χ4n) is 3.46. The van der Waals surface area contributed by atoms with Crippen molar-refractivity contribution in [2.24, 2.45) is 5.73 Å². The molecule has 1 aliphatic heterocycles. The number of nitrogens with one attached hydrogen (secondary N) is 2. The van der Waals surface area contributed by atoms with Crippen LogP contribution in [0.15, 0.2) is 42.5 Å². The zero-order valence-electron chi connectivity index (χ0n) is 18.1. The van der Waals surface area contributed by atoms with E-state index in [1.54, 1.807) is 30.3 Å². The van der Waals surface area contributed by atoms with Gasteiger partial charge in [0, 0.05) is 29.9 Å². The van der Waals surface area contributed by atoms with Crippen LogP contribution in [0.25, 0.3) is 0 Å². The van der Waals surface area contributed by atoms with Gasteiger partial charge in [-0.1, -0.05) is 6.07 Å². The topological polar surface area (TPSA) is 166 Å². The van der Waals surface area contributed by atoms with Crippen molar-refractivity contribution in [3.8, 4) is 0 Å². The van der Waals surface area contributed by atoms with Gasteiger partial charge in [0.1, 0.15) is 12.4 Å². The van der Waals surface area contributed by atoms with Crippen molar-refractivity contribution < 1.29 is 29.3 Å². The van der Waals surface area contributed by atoms with Crippen LogP contribution in [-0.4, -0.2) is 65.6 Å². The molecule has 0 aromatic heterocycles. The number of amidine groups is 1. The van der Waals surface area contributed by atoms with Gasteiger partial charge in [-0.15, -0.1) is 0 Å². The van der Waals surface area contributed by atoms with E-state index in [-0.39, 0.29) is 31.2 Å². The number of amides is 2. The summed E-state index contributed by atoms with van der Waals surface area (Å²) in [4.78, 5) is 38.6. The number of hydrogen-bond donors (Lipinski definition) is 5. The van der Waals surface area contributed by atoms with E-state index in [0.717, 1.165) is 5.56 Å². The van der Waals surface area contributed by atoms with Crippen LogP contribution in [0.5, 0.6) is 0 Å². The molecular formula is C23H26N4O6. The molecule has 6 N–H and O–H groups in total. The third kappa shape index (κ3) is 5.61. The lowest BCUT2D eigenvalue weighted by atomic mass is 10.0. The lowest BCUT2D eigenvalue weighted by Gasteiger charge is -2.34. The molecule has 10 nitrogen and oxygen atoms in total. The lowest BCUT2D eigenvalue weighted by molar-refractivity contribution is -0.150. The molecule has 2 aromatic carbocycles. The van der Waals surface area contributed by atoms with Crippen LogP contribution in [0.2, 0.25) is 0 Å². The first kappa shape index (κ1) is 24.1. The molecule has 0 unspecified atom stereocenters. The summed E-state index contributed by atoms with van der Waals surface area (Å²) in [5.74, 6) is -1.86. The highest BCUT2D eigenvalue weighted by atomic mass is 16.5. The summed E-state index contributed by atoms with van der Waals surface area (Å²) >= 11 is 0. The molecule has 0 radical (unpaired) electrons. The van der Waals surface area contributed by atoms with Crippen molar-refractivity contribution in [2.75, 3.05) is 30.0 Å². The number of aryl methyl sites for hydroxylation is 1. The quantitative estimate of drug-likeness (QED) is 0.279. The average molecular weight is 454 g/mol. The molecule has 2 atom stereocenters. The van der Waals surface area contributed by atoms with Gasteiger partial charge in [0.2, 0.25) is 0 Å². The molecule has 174 valence electrons. The summed E-state index contributed by atoms with van der Waals surface area (Å²) in [6, 6.07) is 11.3. The van der Waals surface area contributed by atoms with Gasteiger partial charge in [-0.3, -0.25) is 19.8 Å². The Morgan fingerprint density at radius 2 is 1.97 bits per heavy atom. The number of nitrogens with zero attached hydrogens (tertiary/aromatic N) is 1. The Balaban J connectivity index is 1.73. The summed E-state index contributed by atoms with van der Waals surface area (Å²) in [7, 11) is 0. The maximum atomic E-state index is 13.0. The van der Waals surface area contributed by atoms with Crippen LogP contribution < -0.4 is 16.0 Å². The Bertz CT molecular complexity index is 1070. The highest BCUT2D eigenvalue weighted by Gasteiger charge is 2.39. The summed E-state index contributed by atoms with van der Waals surface area (Å²) < 4.78 is 5.42. The first-order chi connectivity index (χ1) is 15.7.